The maximum absolute atomic E-state index is 5.40. The largest absolute Gasteiger partial charge is 0.345 e. The molecule has 0 radical (unpaired) electrons. The Kier molecular flexibility index (Phi) is 6.24. The number of hydrogen-bond donors (Lipinski definition) is 1. The third kappa shape index (κ3) is 4.77. The SMILES string of the molecule is C#CCN(CCC)c1cc(CNC(C)C)ccn1. The first-order valence-electron chi connectivity index (χ1n) is 6.54. The number of aromatic nitrogens is 1. The number of hydrogen-bond acceptors (Lipinski definition) is 3. The molecule has 0 atom stereocenters. The zero-order valence-corrected chi connectivity index (χ0v) is 11.6. The van der Waals surface area contributed by atoms with Crippen molar-refractivity contribution in [1.82, 2.24) is 10.3 Å². The van der Waals surface area contributed by atoms with E-state index in [-0.39, 0.29) is 0 Å². The topological polar surface area (TPSA) is 28.2 Å². The van der Waals surface area contributed by atoms with Crippen LogP contribution in [0.4, 0.5) is 5.82 Å². The quantitative estimate of drug-likeness (QED) is 0.748. The molecule has 1 aromatic heterocycles. The van der Waals surface area contributed by atoms with E-state index in [0.717, 1.165) is 25.3 Å². The molecular weight excluding hydrogens is 222 g/mol. The van der Waals surface area contributed by atoms with Crippen LogP contribution < -0.4 is 10.2 Å². The van der Waals surface area contributed by atoms with Gasteiger partial charge in [-0.05, 0) is 24.1 Å². The van der Waals surface area contributed by atoms with Crippen LogP contribution in [0.5, 0.6) is 0 Å². The second kappa shape index (κ2) is 7.73. The van der Waals surface area contributed by atoms with Crippen molar-refractivity contribution < 1.29 is 0 Å². The lowest BCUT2D eigenvalue weighted by Crippen LogP contribution is -2.26. The highest BCUT2D eigenvalue weighted by Gasteiger charge is 2.06. The van der Waals surface area contributed by atoms with Crippen molar-refractivity contribution >= 4 is 5.82 Å². The number of anilines is 1. The van der Waals surface area contributed by atoms with E-state index in [0.29, 0.717) is 12.6 Å². The molecule has 0 saturated carbocycles. The fraction of sp³-hybridized carbons (Fsp3) is 0.533. The Labute approximate surface area is 111 Å². The maximum atomic E-state index is 5.40. The Hall–Kier alpha value is -1.53. The Balaban J connectivity index is 2.75. The third-order valence-electron chi connectivity index (χ3n) is 2.62. The van der Waals surface area contributed by atoms with Gasteiger partial charge in [0.1, 0.15) is 5.82 Å². The number of terminal acetylenes is 1. The van der Waals surface area contributed by atoms with Gasteiger partial charge in [0.15, 0.2) is 0 Å². The van der Waals surface area contributed by atoms with Gasteiger partial charge in [0.25, 0.3) is 0 Å². The molecule has 0 unspecified atom stereocenters. The molecule has 1 rings (SSSR count). The van der Waals surface area contributed by atoms with Crippen molar-refractivity contribution in [3.63, 3.8) is 0 Å². The van der Waals surface area contributed by atoms with Crippen molar-refractivity contribution in [2.75, 3.05) is 18.0 Å². The summed E-state index contributed by atoms with van der Waals surface area (Å²) in [6.45, 7) is 8.85. The predicted octanol–water partition coefficient (Wildman–Crippen LogP) is 2.43. The summed E-state index contributed by atoms with van der Waals surface area (Å²) < 4.78 is 0. The van der Waals surface area contributed by atoms with Crippen LogP contribution in [-0.2, 0) is 6.54 Å². The molecule has 1 N–H and O–H groups in total. The Morgan fingerprint density at radius 1 is 1.50 bits per heavy atom. The van der Waals surface area contributed by atoms with Crippen molar-refractivity contribution in [3.05, 3.63) is 23.9 Å². The summed E-state index contributed by atoms with van der Waals surface area (Å²) >= 11 is 0. The molecule has 0 bridgehead atoms. The fourth-order valence-electron chi connectivity index (χ4n) is 1.72. The third-order valence-corrected chi connectivity index (χ3v) is 2.62. The van der Waals surface area contributed by atoms with Gasteiger partial charge < -0.3 is 10.2 Å². The normalized spacial score (nSPS) is 10.4. The minimum atomic E-state index is 0.485. The molecule has 0 amide bonds. The summed E-state index contributed by atoms with van der Waals surface area (Å²) in [5, 5.41) is 3.41. The summed E-state index contributed by atoms with van der Waals surface area (Å²) in [5.74, 6) is 3.66. The first-order chi connectivity index (χ1) is 8.67. The van der Waals surface area contributed by atoms with Gasteiger partial charge in [0.05, 0.1) is 6.54 Å². The molecule has 0 saturated heterocycles. The van der Waals surface area contributed by atoms with Gasteiger partial charge in [-0.1, -0.05) is 26.7 Å². The van der Waals surface area contributed by atoms with Crippen LogP contribution in [0.1, 0.15) is 32.8 Å². The Bertz CT molecular complexity index is 393. The van der Waals surface area contributed by atoms with E-state index in [2.05, 4.69) is 48.0 Å². The van der Waals surface area contributed by atoms with Gasteiger partial charge in [-0.15, -0.1) is 6.42 Å². The van der Waals surface area contributed by atoms with Crippen molar-refractivity contribution in [1.29, 1.82) is 0 Å². The van der Waals surface area contributed by atoms with Gasteiger partial charge in [0, 0.05) is 25.3 Å². The molecule has 0 spiro atoms. The van der Waals surface area contributed by atoms with Gasteiger partial charge >= 0.3 is 0 Å². The number of pyridine rings is 1. The van der Waals surface area contributed by atoms with Crippen LogP contribution >= 0.6 is 0 Å². The van der Waals surface area contributed by atoms with Crippen molar-refractivity contribution in [3.8, 4) is 12.3 Å². The molecule has 0 aliphatic carbocycles. The highest BCUT2D eigenvalue weighted by Crippen LogP contribution is 2.13. The molecule has 1 aromatic rings. The van der Waals surface area contributed by atoms with Crippen molar-refractivity contribution in [2.45, 2.75) is 39.8 Å². The summed E-state index contributed by atoms with van der Waals surface area (Å²) in [4.78, 5) is 6.54. The minimum Gasteiger partial charge on any atom is -0.345 e. The predicted molar refractivity (Wildman–Crippen MR) is 77.5 cm³/mol. The lowest BCUT2D eigenvalue weighted by molar-refractivity contribution is 0.588. The molecule has 3 heteroatoms. The van der Waals surface area contributed by atoms with Crippen LogP contribution in [0.2, 0.25) is 0 Å². The first kappa shape index (κ1) is 14.5. The van der Waals surface area contributed by atoms with E-state index in [1.54, 1.807) is 0 Å². The molecule has 98 valence electrons. The van der Waals surface area contributed by atoms with E-state index in [1.165, 1.54) is 5.56 Å². The molecule has 0 aliphatic rings. The highest BCUT2D eigenvalue weighted by molar-refractivity contribution is 5.42. The lowest BCUT2D eigenvalue weighted by atomic mass is 10.2. The molecule has 1 heterocycles. The highest BCUT2D eigenvalue weighted by atomic mass is 15.2. The summed E-state index contributed by atoms with van der Waals surface area (Å²) in [6, 6.07) is 4.64. The van der Waals surface area contributed by atoms with E-state index in [4.69, 9.17) is 6.42 Å². The van der Waals surface area contributed by atoms with Crippen LogP contribution in [0.3, 0.4) is 0 Å². The fourth-order valence-corrected chi connectivity index (χ4v) is 1.72. The van der Waals surface area contributed by atoms with E-state index >= 15 is 0 Å². The van der Waals surface area contributed by atoms with Gasteiger partial charge in [0.2, 0.25) is 0 Å². The number of rotatable bonds is 7. The summed E-state index contributed by atoms with van der Waals surface area (Å²) in [5.41, 5.74) is 1.24. The van der Waals surface area contributed by atoms with Gasteiger partial charge in [-0.2, -0.15) is 0 Å². The van der Waals surface area contributed by atoms with Crippen molar-refractivity contribution in [2.24, 2.45) is 0 Å². The lowest BCUT2D eigenvalue weighted by Gasteiger charge is -2.21. The number of nitrogens with one attached hydrogen (secondary N) is 1. The van der Waals surface area contributed by atoms with E-state index < -0.39 is 0 Å². The number of nitrogens with zero attached hydrogens (tertiary/aromatic N) is 2. The molecule has 0 fully saturated rings. The average molecular weight is 245 g/mol. The zero-order chi connectivity index (χ0) is 13.4. The molecule has 0 aliphatic heterocycles. The Morgan fingerprint density at radius 3 is 2.89 bits per heavy atom. The second-order valence-electron chi connectivity index (χ2n) is 4.68. The van der Waals surface area contributed by atoms with E-state index in [9.17, 15) is 0 Å². The molecule has 0 aromatic carbocycles. The van der Waals surface area contributed by atoms with Crippen LogP contribution in [0.15, 0.2) is 18.3 Å². The molecular formula is C15H23N3. The van der Waals surface area contributed by atoms with Crippen LogP contribution in [0.25, 0.3) is 0 Å². The van der Waals surface area contributed by atoms with Gasteiger partial charge in [-0.3, -0.25) is 0 Å². The van der Waals surface area contributed by atoms with Crippen LogP contribution in [-0.4, -0.2) is 24.1 Å². The first-order valence-corrected chi connectivity index (χ1v) is 6.54. The molecule has 3 nitrogen and oxygen atoms in total. The zero-order valence-electron chi connectivity index (χ0n) is 11.6. The maximum Gasteiger partial charge on any atom is 0.129 e. The summed E-state index contributed by atoms with van der Waals surface area (Å²) in [7, 11) is 0. The minimum absolute atomic E-state index is 0.485. The second-order valence-corrected chi connectivity index (χ2v) is 4.68. The monoisotopic (exact) mass is 245 g/mol. The van der Waals surface area contributed by atoms with Crippen LogP contribution in [0, 0.1) is 12.3 Å². The van der Waals surface area contributed by atoms with E-state index in [1.807, 2.05) is 12.3 Å². The Morgan fingerprint density at radius 2 is 2.28 bits per heavy atom. The van der Waals surface area contributed by atoms with Gasteiger partial charge in [-0.25, -0.2) is 4.98 Å². The summed E-state index contributed by atoms with van der Waals surface area (Å²) in [6.07, 6.45) is 8.32. The molecule has 18 heavy (non-hydrogen) atoms. The average Bonchev–Trinajstić information content (AvgIpc) is 2.36. The smallest absolute Gasteiger partial charge is 0.129 e. The standard InChI is InChI=1S/C15H23N3/c1-5-9-18(10-6-2)15-11-14(7-8-16-15)12-17-13(3)4/h1,7-8,11,13,17H,6,9-10,12H2,2-4H3.